The second kappa shape index (κ2) is 8.77. The van der Waals surface area contributed by atoms with Gasteiger partial charge in [-0.05, 0) is 55.7 Å². The van der Waals surface area contributed by atoms with Crippen molar-refractivity contribution < 1.29 is 14.3 Å². The van der Waals surface area contributed by atoms with Gasteiger partial charge in [0, 0.05) is 12.2 Å². The first kappa shape index (κ1) is 20.4. The molecule has 1 heterocycles. The molecular formula is C22H25N3O4. The van der Waals surface area contributed by atoms with Crippen LogP contribution in [0.15, 0.2) is 47.3 Å². The second-order valence-corrected chi connectivity index (χ2v) is 7.02. The molecule has 0 radical (unpaired) electrons. The van der Waals surface area contributed by atoms with E-state index in [9.17, 15) is 14.4 Å². The van der Waals surface area contributed by atoms with Gasteiger partial charge < -0.3 is 10.1 Å². The minimum absolute atomic E-state index is 0.243. The smallest absolute Gasteiger partial charge is 0.329 e. The monoisotopic (exact) mass is 395 g/mol. The van der Waals surface area contributed by atoms with E-state index in [1.807, 2.05) is 51.1 Å². The first-order valence-corrected chi connectivity index (χ1v) is 9.61. The molecule has 29 heavy (non-hydrogen) atoms. The summed E-state index contributed by atoms with van der Waals surface area (Å²) in [6.07, 6.45) is 0.803. The molecule has 0 aliphatic carbocycles. The Morgan fingerprint density at radius 1 is 1.00 bits per heavy atom. The molecule has 0 aliphatic rings. The molecule has 0 atom stereocenters. The van der Waals surface area contributed by atoms with Crippen LogP contribution >= 0.6 is 0 Å². The van der Waals surface area contributed by atoms with Crippen LogP contribution in [0, 0.1) is 13.8 Å². The molecule has 7 nitrogen and oxygen atoms in total. The summed E-state index contributed by atoms with van der Waals surface area (Å²) in [6.45, 7) is 5.85. The van der Waals surface area contributed by atoms with E-state index in [4.69, 9.17) is 4.74 Å². The average molecular weight is 395 g/mol. The van der Waals surface area contributed by atoms with Crippen LogP contribution in [-0.2, 0) is 27.4 Å². The van der Waals surface area contributed by atoms with Crippen LogP contribution in [0.1, 0.15) is 24.5 Å². The van der Waals surface area contributed by atoms with Crippen LogP contribution in [-0.4, -0.2) is 27.6 Å². The van der Waals surface area contributed by atoms with Crippen molar-refractivity contribution in [2.75, 3.05) is 11.9 Å². The maximum absolute atomic E-state index is 12.7. The van der Waals surface area contributed by atoms with E-state index >= 15 is 0 Å². The summed E-state index contributed by atoms with van der Waals surface area (Å²) < 4.78 is 8.12. The molecule has 3 rings (SSSR count). The summed E-state index contributed by atoms with van der Waals surface area (Å²) in [6, 6.07) is 12.9. The number of carbonyl (C=O) groups excluding carboxylic acids is 2. The number of amides is 1. The molecule has 0 bridgehead atoms. The number of rotatable bonds is 7. The lowest BCUT2D eigenvalue weighted by atomic mass is 10.1. The lowest BCUT2D eigenvalue weighted by Crippen LogP contribution is -2.29. The van der Waals surface area contributed by atoms with E-state index in [0.717, 1.165) is 23.1 Å². The van der Waals surface area contributed by atoms with Gasteiger partial charge in [-0.2, -0.15) is 0 Å². The van der Waals surface area contributed by atoms with Crippen molar-refractivity contribution in [3.8, 4) is 0 Å². The molecule has 0 saturated heterocycles. The molecule has 1 N–H and O–H groups in total. The van der Waals surface area contributed by atoms with E-state index in [1.54, 1.807) is 16.7 Å². The van der Waals surface area contributed by atoms with Gasteiger partial charge in [-0.15, -0.1) is 0 Å². The summed E-state index contributed by atoms with van der Waals surface area (Å²) in [4.78, 5) is 37.0. The van der Waals surface area contributed by atoms with Crippen LogP contribution in [0.25, 0.3) is 11.0 Å². The average Bonchev–Trinajstić information content (AvgIpc) is 2.95. The van der Waals surface area contributed by atoms with Crippen molar-refractivity contribution in [2.45, 2.75) is 40.3 Å². The zero-order valence-electron chi connectivity index (χ0n) is 16.9. The number of aryl methyl sites for hydroxylation is 3. The number of fused-ring (bicyclic) bond motifs is 1. The number of imidazole rings is 1. The van der Waals surface area contributed by atoms with Crippen molar-refractivity contribution >= 4 is 28.6 Å². The molecule has 0 fully saturated rings. The van der Waals surface area contributed by atoms with Crippen molar-refractivity contribution in [1.29, 1.82) is 0 Å². The number of nitrogens with zero attached hydrogens (tertiary/aromatic N) is 2. The molecule has 3 aromatic rings. The fourth-order valence-electron chi connectivity index (χ4n) is 3.20. The molecule has 0 unspecified atom stereocenters. The molecule has 0 saturated carbocycles. The minimum Gasteiger partial charge on any atom is -0.454 e. The number of para-hydroxylation sites is 2. The zero-order valence-corrected chi connectivity index (χ0v) is 16.9. The Morgan fingerprint density at radius 2 is 1.69 bits per heavy atom. The lowest BCUT2D eigenvalue weighted by Gasteiger charge is -2.09. The number of esters is 1. The number of hydrogen-bond donors (Lipinski definition) is 1. The Hall–Kier alpha value is -3.35. The largest absolute Gasteiger partial charge is 0.454 e. The second-order valence-electron chi connectivity index (χ2n) is 7.02. The Labute approximate surface area is 168 Å². The molecular weight excluding hydrogens is 370 g/mol. The van der Waals surface area contributed by atoms with Gasteiger partial charge in [0.15, 0.2) is 6.61 Å². The van der Waals surface area contributed by atoms with Crippen molar-refractivity contribution in [3.63, 3.8) is 0 Å². The molecule has 0 spiro atoms. The van der Waals surface area contributed by atoms with Gasteiger partial charge in [0.1, 0.15) is 6.54 Å². The third-order valence-corrected chi connectivity index (χ3v) is 4.81. The third-order valence-electron chi connectivity index (χ3n) is 4.81. The molecule has 1 aromatic heterocycles. The Morgan fingerprint density at radius 3 is 2.34 bits per heavy atom. The maximum Gasteiger partial charge on any atom is 0.329 e. The van der Waals surface area contributed by atoms with Crippen LogP contribution in [0.3, 0.4) is 0 Å². The fourth-order valence-corrected chi connectivity index (χ4v) is 3.20. The molecule has 0 aliphatic heterocycles. The van der Waals surface area contributed by atoms with Crippen LogP contribution in [0.5, 0.6) is 0 Å². The zero-order chi connectivity index (χ0) is 21.0. The number of carbonyl (C=O) groups is 2. The van der Waals surface area contributed by atoms with E-state index in [1.165, 1.54) is 4.57 Å². The van der Waals surface area contributed by atoms with E-state index in [2.05, 4.69) is 5.32 Å². The van der Waals surface area contributed by atoms with Crippen molar-refractivity contribution in [2.24, 2.45) is 0 Å². The number of benzene rings is 2. The van der Waals surface area contributed by atoms with E-state index in [-0.39, 0.29) is 12.2 Å². The normalized spacial score (nSPS) is 10.9. The van der Waals surface area contributed by atoms with Gasteiger partial charge in [-0.25, -0.2) is 4.79 Å². The molecule has 2 aromatic carbocycles. The Kier molecular flexibility index (Phi) is 6.16. The topological polar surface area (TPSA) is 82.3 Å². The number of hydrogen-bond acceptors (Lipinski definition) is 4. The standard InChI is InChI=1S/C22H25N3O4/c1-4-11-24-18-7-5-6-8-19(18)25(22(24)28)13-21(27)29-14-20(26)23-17-10-9-15(2)16(3)12-17/h5-10,12H,4,11,13-14H2,1-3H3,(H,23,26). The van der Waals surface area contributed by atoms with Crippen LogP contribution in [0.4, 0.5) is 5.69 Å². The van der Waals surface area contributed by atoms with Gasteiger partial charge in [-0.1, -0.05) is 25.1 Å². The third kappa shape index (κ3) is 4.56. The Bertz CT molecular complexity index is 1110. The molecule has 152 valence electrons. The van der Waals surface area contributed by atoms with Crippen LogP contribution < -0.4 is 11.0 Å². The number of nitrogens with one attached hydrogen (secondary N) is 1. The number of aromatic nitrogens is 2. The molecule has 7 heteroatoms. The molecule has 1 amide bonds. The predicted molar refractivity (Wildman–Crippen MR) is 112 cm³/mol. The highest BCUT2D eigenvalue weighted by Gasteiger charge is 2.16. The van der Waals surface area contributed by atoms with Gasteiger partial charge in [0.05, 0.1) is 11.0 Å². The maximum atomic E-state index is 12.7. The van der Waals surface area contributed by atoms with E-state index in [0.29, 0.717) is 17.7 Å². The van der Waals surface area contributed by atoms with E-state index < -0.39 is 18.5 Å². The van der Waals surface area contributed by atoms with Gasteiger partial charge in [0.25, 0.3) is 5.91 Å². The summed E-state index contributed by atoms with van der Waals surface area (Å²) in [5.74, 6) is -1.07. The highest BCUT2D eigenvalue weighted by Crippen LogP contribution is 2.15. The summed E-state index contributed by atoms with van der Waals surface area (Å²) in [5.41, 5.74) is 4.02. The lowest BCUT2D eigenvalue weighted by molar-refractivity contribution is -0.147. The highest BCUT2D eigenvalue weighted by molar-refractivity contribution is 5.93. The minimum atomic E-state index is -0.637. The summed E-state index contributed by atoms with van der Waals surface area (Å²) in [7, 11) is 0. The van der Waals surface area contributed by atoms with Crippen molar-refractivity contribution in [1.82, 2.24) is 9.13 Å². The van der Waals surface area contributed by atoms with Gasteiger partial charge in [0.2, 0.25) is 0 Å². The number of ether oxygens (including phenoxy) is 1. The summed E-state index contributed by atoms with van der Waals surface area (Å²) >= 11 is 0. The number of anilines is 1. The van der Waals surface area contributed by atoms with Gasteiger partial charge in [-0.3, -0.25) is 18.7 Å². The quantitative estimate of drug-likeness (QED) is 0.624. The van der Waals surface area contributed by atoms with Gasteiger partial charge >= 0.3 is 11.7 Å². The highest BCUT2D eigenvalue weighted by atomic mass is 16.5. The predicted octanol–water partition coefficient (Wildman–Crippen LogP) is 3.01. The van der Waals surface area contributed by atoms with Crippen LogP contribution in [0.2, 0.25) is 0 Å². The Balaban J connectivity index is 1.65. The SMILES string of the molecule is CCCn1c(=O)n(CC(=O)OCC(=O)Nc2ccc(C)c(C)c2)c2ccccc21. The summed E-state index contributed by atoms with van der Waals surface area (Å²) in [5, 5.41) is 2.70. The first-order chi connectivity index (χ1) is 13.9. The first-order valence-electron chi connectivity index (χ1n) is 9.61. The fraction of sp³-hybridized carbons (Fsp3) is 0.318. The van der Waals surface area contributed by atoms with Crippen molar-refractivity contribution in [3.05, 3.63) is 64.1 Å².